The van der Waals surface area contributed by atoms with Crippen LogP contribution in [0.25, 0.3) is 0 Å². The second kappa shape index (κ2) is 13.6. The molecule has 1 aromatic rings. The smallest absolute Gasteiger partial charge is 0.243 e. The molecular formula is C17H26F3IN4O2. The predicted molar refractivity (Wildman–Crippen MR) is 110 cm³/mol. The zero-order valence-electron chi connectivity index (χ0n) is 15.6. The lowest BCUT2D eigenvalue weighted by atomic mass is 10.1. The standard InChI is InChI=1S/C17H25F3N4O2.HI/c1-11(2)6-8-26-9-7-22-17(21-3)23-10-14(25)24-13-5-4-12(18)15(19)16(13)20;/h4-5,11H,6-10H2,1-3H3,(H,24,25)(H2,21,22,23);1H. The molecular weight excluding hydrogens is 476 g/mol. The first-order chi connectivity index (χ1) is 12.3. The molecule has 0 spiro atoms. The average molecular weight is 502 g/mol. The summed E-state index contributed by atoms with van der Waals surface area (Å²) in [6.07, 6.45) is 0.980. The molecule has 0 radical (unpaired) electrons. The molecule has 0 heterocycles. The molecule has 0 fully saturated rings. The highest BCUT2D eigenvalue weighted by molar-refractivity contribution is 14.0. The van der Waals surface area contributed by atoms with Crippen molar-refractivity contribution >= 4 is 41.5 Å². The van der Waals surface area contributed by atoms with Gasteiger partial charge in [0.25, 0.3) is 0 Å². The number of rotatable bonds is 9. The van der Waals surface area contributed by atoms with E-state index >= 15 is 0 Å². The highest BCUT2D eigenvalue weighted by Crippen LogP contribution is 2.19. The summed E-state index contributed by atoms with van der Waals surface area (Å²) in [7, 11) is 1.53. The van der Waals surface area contributed by atoms with Crippen LogP contribution in [0.4, 0.5) is 18.9 Å². The van der Waals surface area contributed by atoms with E-state index in [2.05, 4.69) is 34.8 Å². The monoisotopic (exact) mass is 502 g/mol. The first-order valence-electron chi connectivity index (χ1n) is 8.30. The van der Waals surface area contributed by atoms with Crippen LogP contribution in [0.15, 0.2) is 17.1 Å². The molecule has 0 aliphatic rings. The fourth-order valence-corrected chi connectivity index (χ4v) is 1.86. The van der Waals surface area contributed by atoms with Gasteiger partial charge in [0.1, 0.15) is 0 Å². The van der Waals surface area contributed by atoms with Crippen molar-refractivity contribution in [2.24, 2.45) is 10.9 Å². The molecule has 27 heavy (non-hydrogen) atoms. The molecule has 154 valence electrons. The largest absolute Gasteiger partial charge is 0.380 e. The van der Waals surface area contributed by atoms with E-state index in [1.54, 1.807) is 0 Å². The van der Waals surface area contributed by atoms with Crippen molar-refractivity contribution in [2.75, 3.05) is 38.7 Å². The van der Waals surface area contributed by atoms with E-state index in [0.29, 0.717) is 31.6 Å². The van der Waals surface area contributed by atoms with Gasteiger partial charge in [-0.05, 0) is 24.5 Å². The van der Waals surface area contributed by atoms with Crippen molar-refractivity contribution in [3.05, 3.63) is 29.6 Å². The molecule has 0 saturated carbocycles. The number of hydrogen-bond acceptors (Lipinski definition) is 3. The van der Waals surface area contributed by atoms with Gasteiger partial charge in [0.05, 0.1) is 18.8 Å². The third kappa shape index (κ3) is 9.80. The number of aliphatic imine (C=N–C) groups is 1. The minimum absolute atomic E-state index is 0. The molecule has 10 heteroatoms. The van der Waals surface area contributed by atoms with Crippen LogP contribution in [0, 0.1) is 23.4 Å². The van der Waals surface area contributed by atoms with Crippen molar-refractivity contribution in [3.8, 4) is 0 Å². The molecule has 0 unspecified atom stereocenters. The van der Waals surface area contributed by atoms with Crippen LogP contribution in [0.5, 0.6) is 0 Å². The fourth-order valence-electron chi connectivity index (χ4n) is 1.86. The molecule has 0 atom stereocenters. The summed E-state index contributed by atoms with van der Waals surface area (Å²) in [6, 6.07) is 1.69. The molecule has 0 bridgehead atoms. The number of anilines is 1. The van der Waals surface area contributed by atoms with Crippen LogP contribution in [0.1, 0.15) is 20.3 Å². The Bertz CT molecular complexity index is 630. The summed E-state index contributed by atoms with van der Waals surface area (Å²) < 4.78 is 44.9. The summed E-state index contributed by atoms with van der Waals surface area (Å²) in [4.78, 5) is 15.7. The molecule has 1 amide bonds. The molecule has 3 N–H and O–H groups in total. The second-order valence-corrected chi connectivity index (χ2v) is 5.92. The van der Waals surface area contributed by atoms with Gasteiger partial charge in [-0.1, -0.05) is 13.8 Å². The molecule has 0 saturated heterocycles. The van der Waals surface area contributed by atoms with Crippen molar-refractivity contribution in [2.45, 2.75) is 20.3 Å². The average Bonchev–Trinajstić information content (AvgIpc) is 2.60. The number of halogens is 4. The number of carbonyl (C=O) groups is 1. The Balaban J connectivity index is 0.00000676. The van der Waals surface area contributed by atoms with Gasteiger partial charge in [-0.15, -0.1) is 24.0 Å². The van der Waals surface area contributed by atoms with E-state index in [1.165, 1.54) is 7.05 Å². The number of nitrogens with one attached hydrogen (secondary N) is 3. The summed E-state index contributed by atoms with van der Waals surface area (Å²) in [5.41, 5.74) is -0.433. The van der Waals surface area contributed by atoms with E-state index in [-0.39, 0.29) is 30.5 Å². The summed E-state index contributed by atoms with van der Waals surface area (Å²) in [6.45, 7) is 5.66. The van der Waals surface area contributed by atoms with Crippen molar-refractivity contribution in [1.82, 2.24) is 10.6 Å². The number of benzene rings is 1. The molecule has 0 aliphatic carbocycles. The van der Waals surface area contributed by atoms with Crippen LogP contribution in [0.2, 0.25) is 0 Å². The van der Waals surface area contributed by atoms with Gasteiger partial charge in [-0.2, -0.15) is 0 Å². The molecule has 0 aliphatic heterocycles. The van der Waals surface area contributed by atoms with E-state index in [9.17, 15) is 18.0 Å². The van der Waals surface area contributed by atoms with Gasteiger partial charge < -0.3 is 20.7 Å². The number of ether oxygens (including phenoxy) is 1. The first-order valence-corrected chi connectivity index (χ1v) is 8.30. The SMILES string of the molecule is CN=C(NCCOCCC(C)C)NCC(=O)Nc1ccc(F)c(F)c1F.I. The van der Waals surface area contributed by atoms with Crippen LogP contribution in [-0.4, -0.2) is 45.2 Å². The number of hydrogen-bond donors (Lipinski definition) is 3. The van der Waals surface area contributed by atoms with Crippen molar-refractivity contribution < 1.29 is 22.7 Å². The quantitative estimate of drug-likeness (QED) is 0.160. The van der Waals surface area contributed by atoms with E-state index in [4.69, 9.17) is 4.74 Å². The zero-order valence-corrected chi connectivity index (χ0v) is 17.9. The summed E-state index contributed by atoms with van der Waals surface area (Å²) in [5.74, 6) is -4.09. The lowest BCUT2D eigenvalue weighted by Crippen LogP contribution is -2.42. The zero-order chi connectivity index (χ0) is 19.5. The Morgan fingerprint density at radius 3 is 2.48 bits per heavy atom. The Labute approximate surface area is 174 Å². The van der Waals surface area contributed by atoms with Crippen molar-refractivity contribution in [3.63, 3.8) is 0 Å². The lowest BCUT2D eigenvalue weighted by molar-refractivity contribution is -0.115. The number of guanidine groups is 1. The van der Waals surface area contributed by atoms with Gasteiger partial charge in [0, 0.05) is 20.2 Å². The maximum Gasteiger partial charge on any atom is 0.243 e. The maximum absolute atomic E-state index is 13.5. The third-order valence-corrected chi connectivity index (χ3v) is 3.33. The fraction of sp³-hybridized carbons (Fsp3) is 0.529. The Hall–Kier alpha value is -1.56. The minimum Gasteiger partial charge on any atom is -0.380 e. The second-order valence-electron chi connectivity index (χ2n) is 5.92. The van der Waals surface area contributed by atoms with Gasteiger partial charge in [-0.3, -0.25) is 9.79 Å². The van der Waals surface area contributed by atoms with E-state index in [0.717, 1.165) is 18.6 Å². The number of amides is 1. The van der Waals surface area contributed by atoms with Crippen LogP contribution < -0.4 is 16.0 Å². The Kier molecular flexibility index (Phi) is 12.8. The van der Waals surface area contributed by atoms with Gasteiger partial charge in [-0.25, -0.2) is 13.2 Å². The van der Waals surface area contributed by atoms with E-state index in [1.807, 2.05) is 0 Å². The molecule has 6 nitrogen and oxygen atoms in total. The minimum atomic E-state index is -1.63. The van der Waals surface area contributed by atoms with Crippen LogP contribution in [0.3, 0.4) is 0 Å². The molecule has 0 aromatic heterocycles. The van der Waals surface area contributed by atoms with Gasteiger partial charge in [0.15, 0.2) is 23.4 Å². The van der Waals surface area contributed by atoms with Crippen LogP contribution >= 0.6 is 24.0 Å². The topological polar surface area (TPSA) is 74.8 Å². The number of carbonyl (C=O) groups excluding carboxylic acids is 1. The third-order valence-electron chi connectivity index (χ3n) is 3.33. The van der Waals surface area contributed by atoms with Gasteiger partial charge >= 0.3 is 0 Å². The Morgan fingerprint density at radius 1 is 1.15 bits per heavy atom. The highest BCUT2D eigenvalue weighted by Gasteiger charge is 2.15. The Morgan fingerprint density at radius 2 is 1.85 bits per heavy atom. The van der Waals surface area contributed by atoms with Gasteiger partial charge in [0.2, 0.25) is 5.91 Å². The summed E-state index contributed by atoms with van der Waals surface area (Å²) in [5, 5.41) is 7.84. The van der Waals surface area contributed by atoms with Crippen molar-refractivity contribution in [1.29, 1.82) is 0 Å². The van der Waals surface area contributed by atoms with E-state index < -0.39 is 29.0 Å². The first kappa shape index (κ1) is 25.4. The number of nitrogens with zero attached hydrogens (tertiary/aromatic N) is 1. The summed E-state index contributed by atoms with van der Waals surface area (Å²) >= 11 is 0. The molecule has 1 aromatic carbocycles. The van der Waals surface area contributed by atoms with Crippen LogP contribution in [-0.2, 0) is 9.53 Å². The normalized spacial score (nSPS) is 11.1. The molecule has 1 rings (SSSR count). The predicted octanol–water partition coefficient (Wildman–Crippen LogP) is 2.89. The highest BCUT2D eigenvalue weighted by atomic mass is 127. The maximum atomic E-state index is 13.5. The lowest BCUT2D eigenvalue weighted by Gasteiger charge is -2.13.